The van der Waals surface area contributed by atoms with E-state index in [1.807, 2.05) is 99.6 Å². The third-order valence-corrected chi connectivity index (χ3v) is 23.6. The molecule has 0 saturated carbocycles. The number of ketones is 1. The van der Waals surface area contributed by atoms with Gasteiger partial charge in [-0.25, -0.2) is 4.98 Å². The lowest BCUT2D eigenvalue weighted by Crippen LogP contribution is -2.40. The van der Waals surface area contributed by atoms with E-state index >= 15 is 0 Å². The SMILES string of the molecule is Cc1ccc(C(=O)Cc2cccc(C(F)(F)F)c2)cc1-c1cc(N2CCOCC2)c(=O)n(C)c1.Cc1ccc(NC(=O)c2cccc(C(F)(F)F)c2)cc1-c1cc(N2CCOCC2)c(=O)n(C(C)C)c1.Cc1ccc(NC(=O)c2cccc(C(F)(F)F)c2)cc1-c1cnc(OC(C)C)c(N2CCOCC2)c1.Cc1ncc(NC(=O)c2cccc(C(F)(F)F)c2)cc1-c1cc(N2CCOCC2)c(=O)n(C)c1. The van der Waals surface area contributed by atoms with E-state index in [1.54, 1.807) is 98.9 Å². The first-order chi connectivity index (χ1) is 66.4. The van der Waals surface area contributed by atoms with Crippen LogP contribution in [0.15, 0.2) is 227 Å². The van der Waals surface area contributed by atoms with E-state index in [-0.39, 0.29) is 57.7 Å². The third-order valence-electron chi connectivity index (χ3n) is 23.6. The highest BCUT2D eigenvalue weighted by Crippen LogP contribution is 2.40. The number of rotatable bonds is 20. The number of alkyl halides is 12. The molecule has 9 heterocycles. The molecule has 36 heteroatoms. The molecule has 3 amide bonds. The number of aromatic nitrogens is 5. The van der Waals surface area contributed by atoms with Gasteiger partial charge in [-0.2, -0.15) is 52.7 Å². The van der Waals surface area contributed by atoms with Crippen LogP contribution in [-0.4, -0.2) is 158 Å². The van der Waals surface area contributed by atoms with Crippen LogP contribution in [0.2, 0.25) is 0 Å². The molecular formula is C104H104F12N12O12. The number of morpholine rings is 4. The van der Waals surface area contributed by atoms with Crippen molar-refractivity contribution in [3.63, 3.8) is 0 Å². The Morgan fingerprint density at radius 1 is 0.371 bits per heavy atom. The van der Waals surface area contributed by atoms with Crippen molar-refractivity contribution >= 4 is 63.3 Å². The van der Waals surface area contributed by atoms with Gasteiger partial charge in [-0.05, 0) is 216 Å². The number of benzene rings is 7. The van der Waals surface area contributed by atoms with Crippen LogP contribution in [0.25, 0.3) is 44.5 Å². The van der Waals surface area contributed by atoms with E-state index in [9.17, 15) is 86.2 Å². The summed E-state index contributed by atoms with van der Waals surface area (Å²) in [5.41, 5.74) is 10.2. The van der Waals surface area contributed by atoms with Gasteiger partial charge in [0.15, 0.2) is 5.78 Å². The Bertz CT molecular complexity index is 6710. The zero-order valence-corrected chi connectivity index (χ0v) is 78.3. The van der Waals surface area contributed by atoms with Crippen molar-refractivity contribution in [3.8, 4) is 50.4 Å². The molecule has 24 nitrogen and oxygen atoms in total. The molecule has 0 aliphatic carbocycles. The number of carbonyl (C=O) groups is 4. The van der Waals surface area contributed by atoms with Crippen molar-refractivity contribution < 1.29 is 95.5 Å². The van der Waals surface area contributed by atoms with Gasteiger partial charge >= 0.3 is 24.7 Å². The maximum Gasteiger partial charge on any atom is 0.416 e. The summed E-state index contributed by atoms with van der Waals surface area (Å²) in [4.78, 5) is 107. The maximum absolute atomic E-state index is 13.2. The number of ether oxygens (including phenoxy) is 5. The second-order valence-electron chi connectivity index (χ2n) is 34.4. The van der Waals surface area contributed by atoms with Crippen molar-refractivity contribution in [1.29, 1.82) is 0 Å². The van der Waals surface area contributed by atoms with Crippen LogP contribution < -0.4 is 57.0 Å². The van der Waals surface area contributed by atoms with Crippen LogP contribution in [-0.2, 0) is 64.2 Å². The van der Waals surface area contributed by atoms with Crippen LogP contribution in [0, 0.1) is 27.7 Å². The minimum Gasteiger partial charge on any atom is -0.473 e. The maximum atomic E-state index is 13.2. The smallest absolute Gasteiger partial charge is 0.416 e. The normalized spacial score (nSPS) is 14.2. The quantitative estimate of drug-likeness (QED) is 0.0473. The summed E-state index contributed by atoms with van der Waals surface area (Å²) in [7, 11) is 3.35. The lowest BCUT2D eigenvalue weighted by molar-refractivity contribution is -0.138. The van der Waals surface area contributed by atoms with Gasteiger partial charge in [0.25, 0.3) is 34.4 Å². The average molecular weight is 1940 g/mol. The fourth-order valence-corrected chi connectivity index (χ4v) is 16.1. The van der Waals surface area contributed by atoms with Gasteiger partial charge in [0.1, 0.15) is 22.7 Å². The van der Waals surface area contributed by atoms with Gasteiger partial charge in [-0.1, -0.05) is 60.7 Å². The largest absolute Gasteiger partial charge is 0.473 e. The number of nitrogens with zero attached hydrogens (tertiary/aromatic N) is 9. The summed E-state index contributed by atoms with van der Waals surface area (Å²) in [5, 5.41) is 8.02. The van der Waals surface area contributed by atoms with Gasteiger partial charge in [0.05, 0.1) is 93.1 Å². The third kappa shape index (κ3) is 26.2. The average Bonchev–Trinajstić information content (AvgIpc) is 0.769. The number of nitrogens with one attached hydrogen (secondary N) is 3. The molecule has 736 valence electrons. The predicted molar refractivity (Wildman–Crippen MR) is 513 cm³/mol. The van der Waals surface area contributed by atoms with Crippen molar-refractivity contribution in [1.82, 2.24) is 23.7 Å². The molecule has 3 N–H and O–H groups in total. The summed E-state index contributed by atoms with van der Waals surface area (Å²) in [5.74, 6) is -1.68. The number of aryl methyl sites for hydroxylation is 6. The number of hydrogen-bond donors (Lipinski definition) is 3. The standard InChI is InChI=1S/2C27H28F3N3O3.C26H25F3N2O3.C24H23F3N4O3/c1-17(2)33-16-20(14-24(26(33)35)32-9-11-36-12-10-32)23-15-22(8-7-18(23)3)31-25(34)19-5-4-6-21(13-19)27(28,29)30;1-17(2)36-26-24(33-9-11-35-12-10-33)14-20(16-31-26)23-15-22(8-7-18(23)3)32-25(34)19-5-4-6-21(13-19)27(28,29)30;1-17-6-7-19(24(32)13-18-4-3-5-21(12-18)26(27,28)29)14-22(17)20-15-23(25(33)30(2)16-20)31-8-10-34-11-9-31;1-15-20(17-11-21(23(33)30(2)14-17)31-6-8-34-9-7-31)12-19(13-28-15)29-22(32)16-4-3-5-18(10-16)24(25,26)27/h4-8,13-17H,9-12H2,1-3H3,(H,31,34);4-8,13-17H,9-12H2,1-3H3,(H,32,34);3-7,12,14-16H,8-11,13H2,1-2H3;3-5,10-14H,6-9H2,1-2H3,(H,29,32). The highest BCUT2D eigenvalue weighted by molar-refractivity contribution is 6.06. The van der Waals surface area contributed by atoms with E-state index in [0.29, 0.717) is 168 Å². The Hall–Kier alpha value is -14.2. The van der Waals surface area contributed by atoms with Crippen molar-refractivity contribution in [2.24, 2.45) is 14.1 Å². The van der Waals surface area contributed by atoms with E-state index in [0.717, 1.165) is 110 Å². The molecule has 0 bridgehead atoms. The predicted octanol–water partition coefficient (Wildman–Crippen LogP) is 20.0. The summed E-state index contributed by atoms with van der Waals surface area (Å²) < 4.78 is 189. The highest BCUT2D eigenvalue weighted by Gasteiger charge is 2.36. The number of amides is 3. The van der Waals surface area contributed by atoms with Gasteiger partial charge in [-0.3, -0.25) is 38.5 Å². The molecule has 4 fully saturated rings. The molecule has 4 aliphatic heterocycles. The molecule has 4 saturated heterocycles. The molecule has 12 aromatic rings. The summed E-state index contributed by atoms with van der Waals surface area (Å²) in [6.07, 6.45) is -9.86. The molecule has 0 radical (unpaired) electrons. The monoisotopic (exact) mass is 1940 g/mol. The van der Waals surface area contributed by atoms with Gasteiger partial charge < -0.3 is 72.9 Å². The summed E-state index contributed by atoms with van der Waals surface area (Å²) in [6.45, 7) is 24.9. The molecule has 7 aromatic carbocycles. The van der Waals surface area contributed by atoms with Gasteiger partial charge in [-0.15, -0.1) is 0 Å². The van der Waals surface area contributed by atoms with E-state index in [4.69, 9.17) is 23.7 Å². The number of carbonyl (C=O) groups excluding carboxylic acids is 4. The van der Waals surface area contributed by atoms with Crippen molar-refractivity contribution in [2.45, 2.75) is 98.7 Å². The van der Waals surface area contributed by atoms with Crippen molar-refractivity contribution in [3.05, 3.63) is 316 Å². The number of halogens is 12. The molecule has 140 heavy (non-hydrogen) atoms. The molecule has 4 aliphatic rings. The first-order valence-electron chi connectivity index (χ1n) is 45.0. The second-order valence-corrected chi connectivity index (χ2v) is 34.4. The minimum atomic E-state index is -4.55. The van der Waals surface area contributed by atoms with Gasteiger partial charge in [0, 0.05) is 171 Å². The van der Waals surface area contributed by atoms with E-state index < -0.39 is 64.7 Å². The van der Waals surface area contributed by atoms with Crippen LogP contribution in [0.5, 0.6) is 5.88 Å². The molecule has 5 aromatic heterocycles. The van der Waals surface area contributed by atoms with Crippen molar-refractivity contribution in [2.75, 3.05) is 141 Å². The Morgan fingerprint density at radius 3 is 1.14 bits per heavy atom. The zero-order valence-electron chi connectivity index (χ0n) is 78.3. The molecule has 0 spiro atoms. The van der Waals surface area contributed by atoms with Crippen LogP contribution in [0.4, 0.5) is 92.5 Å². The Labute approximate surface area is 799 Å². The minimum absolute atomic E-state index is 0.0423. The first kappa shape index (κ1) is 103. The molecule has 16 rings (SSSR count). The number of anilines is 7. The highest BCUT2D eigenvalue weighted by atomic mass is 19.4. The number of pyridine rings is 5. The first-order valence-corrected chi connectivity index (χ1v) is 45.0. The van der Waals surface area contributed by atoms with E-state index in [2.05, 4.69) is 30.8 Å². The van der Waals surface area contributed by atoms with Gasteiger partial charge in [0.2, 0.25) is 5.88 Å². The zero-order chi connectivity index (χ0) is 101. The second kappa shape index (κ2) is 44.7. The summed E-state index contributed by atoms with van der Waals surface area (Å²) in [6, 6.07) is 42.7. The van der Waals surface area contributed by atoms with E-state index in [1.165, 1.54) is 63.9 Å². The lowest BCUT2D eigenvalue weighted by Gasteiger charge is -2.30. The fourth-order valence-electron chi connectivity index (χ4n) is 16.1. The number of hydrogen-bond acceptors (Lipinski definition) is 18. The Morgan fingerprint density at radius 2 is 0.721 bits per heavy atom. The lowest BCUT2D eigenvalue weighted by atomic mass is 9.95. The molecule has 0 unspecified atom stereocenters. The Kier molecular flexibility index (Phi) is 32.9. The number of Topliss-reactive ketones (excluding diaryl/α,β-unsaturated/α-hetero) is 1. The summed E-state index contributed by atoms with van der Waals surface area (Å²) >= 11 is 0. The topological polar surface area (TPSA) is 255 Å². The Balaban J connectivity index is 0.000000157. The molecular weight excluding hydrogens is 1840 g/mol. The van der Waals surface area contributed by atoms with Crippen LogP contribution in [0.3, 0.4) is 0 Å². The van der Waals surface area contributed by atoms with Crippen LogP contribution in [0.1, 0.15) is 125 Å². The van der Waals surface area contributed by atoms with Crippen LogP contribution >= 0.6 is 0 Å². The molecule has 0 atom stereocenters. The fraction of sp³-hybridized carbons (Fsp3) is 0.317.